The maximum absolute atomic E-state index is 12.8. The summed E-state index contributed by atoms with van der Waals surface area (Å²) in [5.74, 6) is 0.0619. The molecule has 5 nitrogen and oxygen atoms in total. The van der Waals surface area contributed by atoms with Gasteiger partial charge in [0.15, 0.2) is 0 Å². The summed E-state index contributed by atoms with van der Waals surface area (Å²) >= 11 is 0. The van der Waals surface area contributed by atoms with Gasteiger partial charge in [-0.3, -0.25) is 4.79 Å². The number of imidazole rings is 1. The Bertz CT molecular complexity index is 928. The second-order valence-electron chi connectivity index (χ2n) is 7.22. The first-order valence-electron chi connectivity index (χ1n) is 9.61. The third-order valence-corrected chi connectivity index (χ3v) is 5.25. The first-order valence-corrected chi connectivity index (χ1v) is 9.61. The summed E-state index contributed by atoms with van der Waals surface area (Å²) in [5.41, 5.74) is 4.76. The lowest BCUT2D eigenvalue weighted by molar-refractivity contribution is 0.0763. The Balaban J connectivity index is 1.43. The van der Waals surface area contributed by atoms with Crippen LogP contribution in [-0.2, 0) is 4.74 Å². The van der Waals surface area contributed by atoms with Gasteiger partial charge >= 0.3 is 0 Å². The minimum absolute atomic E-state index is 0.0619. The van der Waals surface area contributed by atoms with Crippen LogP contribution in [-0.4, -0.2) is 47.1 Å². The van der Waals surface area contributed by atoms with Crippen LogP contribution in [0.4, 0.5) is 0 Å². The second-order valence-corrected chi connectivity index (χ2v) is 7.22. The van der Waals surface area contributed by atoms with Crippen LogP contribution in [0.25, 0.3) is 22.2 Å². The Kier molecular flexibility index (Phi) is 5.21. The number of benzene rings is 2. The number of hydrogen-bond donors (Lipinski definition) is 1. The molecule has 2 aromatic carbocycles. The summed E-state index contributed by atoms with van der Waals surface area (Å²) < 4.78 is 5.66. The van der Waals surface area contributed by atoms with Crippen LogP contribution < -0.4 is 0 Å². The number of nitrogens with one attached hydrogen (secondary N) is 1. The molecule has 0 radical (unpaired) electrons. The Hall–Kier alpha value is -2.66. The van der Waals surface area contributed by atoms with Crippen molar-refractivity contribution < 1.29 is 9.53 Å². The highest BCUT2D eigenvalue weighted by atomic mass is 16.5. The van der Waals surface area contributed by atoms with Crippen LogP contribution in [0.1, 0.15) is 36.0 Å². The number of aromatic nitrogens is 2. The predicted octanol–water partition coefficient (Wildman–Crippen LogP) is 4.26. The second kappa shape index (κ2) is 7.92. The van der Waals surface area contributed by atoms with E-state index in [9.17, 15) is 4.79 Å². The molecule has 1 aromatic heterocycles. The minimum Gasteiger partial charge on any atom is -0.378 e. The van der Waals surface area contributed by atoms with E-state index in [1.165, 1.54) is 0 Å². The van der Waals surface area contributed by atoms with E-state index in [1.54, 1.807) is 6.33 Å². The van der Waals surface area contributed by atoms with Crippen molar-refractivity contribution in [3.63, 3.8) is 0 Å². The van der Waals surface area contributed by atoms with E-state index in [4.69, 9.17) is 4.74 Å². The Labute approximate surface area is 159 Å². The molecular weight excluding hydrogens is 338 g/mol. The zero-order chi connectivity index (χ0) is 18.6. The van der Waals surface area contributed by atoms with Gasteiger partial charge in [0.1, 0.15) is 0 Å². The van der Waals surface area contributed by atoms with Crippen molar-refractivity contribution in [3.05, 3.63) is 54.4 Å². The van der Waals surface area contributed by atoms with Crippen LogP contribution in [0.15, 0.2) is 48.8 Å². The molecule has 1 aliphatic heterocycles. The van der Waals surface area contributed by atoms with E-state index in [0.29, 0.717) is 6.10 Å². The monoisotopic (exact) mass is 363 g/mol. The molecule has 2 heterocycles. The molecule has 140 valence electrons. The lowest BCUT2D eigenvalue weighted by Gasteiger charge is -2.18. The van der Waals surface area contributed by atoms with Crippen molar-refractivity contribution in [1.29, 1.82) is 0 Å². The lowest BCUT2D eigenvalue weighted by atomic mass is 10.0. The molecular formula is C22H25N3O2. The van der Waals surface area contributed by atoms with E-state index in [0.717, 1.165) is 66.6 Å². The van der Waals surface area contributed by atoms with E-state index >= 15 is 0 Å². The topological polar surface area (TPSA) is 58.2 Å². The van der Waals surface area contributed by atoms with Gasteiger partial charge in [-0.05, 0) is 61.1 Å². The Morgan fingerprint density at radius 3 is 3.00 bits per heavy atom. The molecule has 1 amide bonds. The van der Waals surface area contributed by atoms with E-state index in [2.05, 4.69) is 16.0 Å². The third-order valence-electron chi connectivity index (χ3n) is 5.25. The van der Waals surface area contributed by atoms with Gasteiger partial charge in [0.2, 0.25) is 0 Å². The molecule has 0 aliphatic carbocycles. The molecule has 3 aromatic rings. The molecule has 1 N–H and O–H groups in total. The maximum atomic E-state index is 12.8. The van der Waals surface area contributed by atoms with Crippen molar-refractivity contribution in [2.45, 2.75) is 31.8 Å². The molecule has 4 rings (SSSR count). The normalized spacial score (nSPS) is 16.7. The molecule has 5 heteroatoms. The Morgan fingerprint density at radius 1 is 1.26 bits per heavy atom. The van der Waals surface area contributed by atoms with Crippen molar-refractivity contribution in [1.82, 2.24) is 14.9 Å². The lowest BCUT2D eigenvalue weighted by Crippen LogP contribution is -2.28. The average molecular weight is 363 g/mol. The maximum Gasteiger partial charge on any atom is 0.253 e. The summed E-state index contributed by atoms with van der Waals surface area (Å²) in [5, 5.41) is 0. The summed E-state index contributed by atoms with van der Waals surface area (Å²) in [7, 11) is 1.88. The highest BCUT2D eigenvalue weighted by molar-refractivity contribution is 5.95. The van der Waals surface area contributed by atoms with Gasteiger partial charge in [-0.15, -0.1) is 0 Å². The zero-order valence-corrected chi connectivity index (χ0v) is 15.6. The molecule has 1 fully saturated rings. The van der Waals surface area contributed by atoms with Crippen molar-refractivity contribution in [2.24, 2.45) is 0 Å². The number of amides is 1. The summed E-state index contributed by atoms with van der Waals surface area (Å²) in [6.45, 7) is 1.64. The number of carbonyl (C=O) groups excluding carboxylic acids is 1. The van der Waals surface area contributed by atoms with Gasteiger partial charge in [0.25, 0.3) is 5.91 Å². The number of fused-ring (bicyclic) bond motifs is 1. The quantitative estimate of drug-likeness (QED) is 0.712. The first kappa shape index (κ1) is 17.7. The minimum atomic E-state index is 0.0619. The van der Waals surface area contributed by atoms with Crippen molar-refractivity contribution in [2.75, 3.05) is 20.2 Å². The van der Waals surface area contributed by atoms with Crippen molar-refractivity contribution in [3.8, 4) is 11.1 Å². The van der Waals surface area contributed by atoms with Gasteiger partial charge in [-0.25, -0.2) is 4.98 Å². The summed E-state index contributed by atoms with van der Waals surface area (Å²) in [4.78, 5) is 22.0. The molecule has 1 atom stereocenters. The standard InChI is InChI=1S/C22H25N3O2/c1-25(11-3-7-19-8-4-12-27-19)22(26)18-6-2-5-16(13-18)17-9-10-20-21(14-17)24-15-23-20/h2,5-6,9-10,13-15,19H,3-4,7-8,11-12H2,1H3,(H,23,24)/t19-/m0/s1. The number of nitrogens with zero attached hydrogens (tertiary/aromatic N) is 2. The number of carbonyl (C=O) groups is 1. The van der Waals surface area contributed by atoms with Crippen LogP contribution >= 0.6 is 0 Å². The molecule has 1 aliphatic rings. The number of aromatic amines is 1. The first-order chi connectivity index (χ1) is 13.2. The summed E-state index contributed by atoms with van der Waals surface area (Å²) in [6.07, 6.45) is 6.40. The van der Waals surface area contributed by atoms with Crippen LogP contribution in [0.3, 0.4) is 0 Å². The molecule has 27 heavy (non-hydrogen) atoms. The summed E-state index contributed by atoms with van der Waals surface area (Å²) in [6, 6.07) is 13.9. The van der Waals surface area contributed by atoms with Crippen LogP contribution in [0, 0.1) is 0 Å². The predicted molar refractivity (Wildman–Crippen MR) is 107 cm³/mol. The third kappa shape index (κ3) is 4.03. The number of rotatable bonds is 6. The van der Waals surface area contributed by atoms with Gasteiger partial charge in [-0.2, -0.15) is 0 Å². The van der Waals surface area contributed by atoms with Gasteiger partial charge in [0, 0.05) is 25.8 Å². The molecule has 0 bridgehead atoms. The van der Waals surface area contributed by atoms with Crippen LogP contribution in [0.5, 0.6) is 0 Å². The highest BCUT2D eigenvalue weighted by Crippen LogP contribution is 2.24. The fourth-order valence-corrected chi connectivity index (χ4v) is 3.70. The van der Waals surface area contributed by atoms with Gasteiger partial charge in [0.05, 0.1) is 23.5 Å². The van der Waals surface area contributed by atoms with Crippen molar-refractivity contribution >= 4 is 16.9 Å². The largest absolute Gasteiger partial charge is 0.378 e. The smallest absolute Gasteiger partial charge is 0.253 e. The average Bonchev–Trinajstić information content (AvgIpc) is 3.38. The SMILES string of the molecule is CN(CCC[C@H]1CCCO1)C(=O)c1cccc(-c2ccc3nc[nH]c3c2)c1. The Morgan fingerprint density at radius 2 is 2.15 bits per heavy atom. The number of H-pyrrole nitrogens is 1. The van der Waals surface area contributed by atoms with Crippen LogP contribution in [0.2, 0.25) is 0 Å². The molecule has 0 saturated carbocycles. The van der Waals surface area contributed by atoms with E-state index in [1.807, 2.05) is 48.3 Å². The van der Waals surface area contributed by atoms with Gasteiger partial charge < -0.3 is 14.6 Å². The molecule has 0 spiro atoms. The number of ether oxygens (including phenoxy) is 1. The van der Waals surface area contributed by atoms with E-state index in [-0.39, 0.29) is 5.91 Å². The van der Waals surface area contributed by atoms with Gasteiger partial charge in [-0.1, -0.05) is 18.2 Å². The fourth-order valence-electron chi connectivity index (χ4n) is 3.70. The zero-order valence-electron chi connectivity index (χ0n) is 15.6. The highest BCUT2D eigenvalue weighted by Gasteiger charge is 2.17. The fraction of sp³-hybridized carbons (Fsp3) is 0.364. The molecule has 1 saturated heterocycles. The van der Waals surface area contributed by atoms with E-state index < -0.39 is 0 Å². The number of hydrogen-bond acceptors (Lipinski definition) is 3. The molecule has 0 unspecified atom stereocenters.